The van der Waals surface area contributed by atoms with Gasteiger partial charge in [-0.25, -0.2) is 4.68 Å². The predicted molar refractivity (Wildman–Crippen MR) is 59.1 cm³/mol. The molecule has 0 aliphatic rings. The quantitative estimate of drug-likeness (QED) is 0.756. The summed E-state index contributed by atoms with van der Waals surface area (Å²) in [5, 5.41) is 3.99. The number of hydrogen-bond donors (Lipinski definition) is 2. The molecule has 1 aromatic carbocycles. The van der Waals surface area contributed by atoms with Gasteiger partial charge in [0.2, 0.25) is 11.9 Å². The lowest BCUT2D eigenvalue weighted by Crippen LogP contribution is -2.06. The first-order valence-corrected chi connectivity index (χ1v) is 4.66. The van der Waals surface area contributed by atoms with Crippen molar-refractivity contribution in [3.63, 3.8) is 0 Å². The molecular formula is C10H13N5. The molecule has 5 nitrogen and oxygen atoms in total. The lowest BCUT2D eigenvalue weighted by molar-refractivity contribution is 0.698. The first-order chi connectivity index (χ1) is 7.15. The number of nitrogens with zero attached hydrogens (tertiary/aromatic N) is 3. The molecule has 1 heterocycles. The number of aryl methyl sites for hydroxylation is 1. The Kier molecular flexibility index (Phi) is 2.29. The topological polar surface area (TPSA) is 82.8 Å². The lowest BCUT2D eigenvalue weighted by atomic mass is 10.1. The molecule has 0 bridgehead atoms. The molecule has 15 heavy (non-hydrogen) atoms. The van der Waals surface area contributed by atoms with Crippen molar-refractivity contribution < 1.29 is 0 Å². The number of aromatic nitrogens is 3. The molecule has 1 aromatic heterocycles. The Bertz CT molecular complexity index is 474. The van der Waals surface area contributed by atoms with Gasteiger partial charge in [-0.3, -0.25) is 0 Å². The minimum absolute atomic E-state index is 0.208. The maximum atomic E-state index is 5.64. The highest BCUT2D eigenvalue weighted by molar-refractivity contribution is 5.29. The van der Waals surface area contributed by atoms with E-state index in [4.69, 9.17) is 11.5 Å². The minimum Gasteiger partial charge on any atom is -0.368 e. The third-order valence-electron chi connectivity index (χ3n) is 2.13. The third kappa shape index (κ3) is 2.07. The zero-order valence-electron chi connectivity index (χ0n) is 8.51. The van der Waals surface area contributed by atoms with E-state index in [-0.39, 0.29) is 5.95 Å². The van der Waals surface area contributed by atoms with Crippen molar-refractivity contribution in [2.45, 2.75) is 13.5 Å². The fraction of sp³-hybridized carbons (Fsp3) is 0.200. The Labute approximate surface area is 87.7 Å². The van der Waals surface area contributed by atoms with Gasteiger partial charge in [0.05, 0.1) is 6.54 Å². The van der Waals surface area contributed by atoms with Gasteiger partial charge in [-0.15, -0.1) is 5.10 Å². The SMILES string of the molecule is Cc1cccc(Cn2nc(N)nc2N)c1. The van der Waals surface area contributed by atoms with Crippen molar-refractivity contribution in [3.05, 3.63) is 35.4 Å². The molecule has 0 fully saturated rings. The average molecular weight is 203 g/mol. The summed E-state index contributed by atoms with van der Waals surface area (Å²) in [7, 11) is 0. The largest absolute Gasteiger partial charge is 0.368 e. The Hall–Kier alpha value is -2.04. The monoisotopic (exact) mass is 203 g/mol. The summed E-state index contributed by atoms with van der Waals surface area (Å²) in [5.74, 6) is 0.550. The standard InChI is InChI=1S/C10H13N5/c1-7-3-2-4-8(5-7)6-15-10(12)13-9(11)14-15/h2-5H,6H2,1H3,(H4,11,12,13,14). The second kappa shape index (κ2) is 3.61. The van der Waals surface area contributed by atoms with Crippen LogP contribution in [0.15, 0.2) is 24.3 Å². The van der Waals surface area contributed by atoms with Gasteiger partial charge in [0.1, 0.15) is 0 Å². The van der Waals surface area contributed by atoms with Crippen LogP contribution in [0.3, 0.4) is 0 Å². The minimum atomic E-state index is 0.208. The molecule has 2 rings (SSSR count). The average Bonchev–Trinajstić information content (AvgIpc) is 2.45. The smallest absolute Gasteiger partial charge is 0.241 e. The Balaban J connectivity index is 2.25. The van der Waals surface area contributed by atoms with Crippen LogP contribution in [0, 0.1) is 6.92 Å². The molecule has 0 unspecified atom stereocenters. The Morgan fingerprint density at radius 2 is 2.13 bits per heavy atom. The van der Waals surface area contributed by atoms with Crippen LogP contribution in [0.25, 0.3) is 0 Å². The summed E-state index contributed by atoms with van der Waals surface area (Å²) in [4.78, 5) is 3.84. The van der Waals surface area contributed by atoms with E-state index in [1.165, 1.54) is 5.56 Å². The highest BCUT2D eigenvalue weighted by Crippen LogP contribution is 2.08. The molecule has 0 aliphatic carbocycles. The molecule has 5 heteroatoms. The first-order valence-electron chi connectivity index (χ1n) is 4.66. The van der Waals surface area contributed by atoms with Gasteiger partial charge >= 0.3 is 0 Å². The highest BCUT2D eigenvalue weighted by atomic mass is 15.4. The summed E-state index contributed by atoms with van der Waals surface area (Å²) < 4.78 is 1.59. The second-order valence-corrected chi connectivity index (χ2v) is 3.47. The number of nitrogens with two attached hydrogens (primary N) is 2. The summed E-state index contributed by atoms with van der Waals surface area (Å²) in [6.45, 7) is 2.64. The van der Waals surface area contributed by atoms with Gasteiger partial charge < -0.3 is 11.5 Å². The van der Waals surface area contributed by atoms with Crippen molar-refractivity contribution in [1.29, 1.82) is 0 Å². The van der Waals surface area contributed by atoms with Gasteiger partial charge in [-0.2, -0.15) is 4.98 Å². The molecule has 0 aliphatic heterocycles. The number of rotatable bonds is 2. The van der Waals surface area contributed by atoms with Gasteiger partial charge in [-0.1, -0.05) is 29.8 Å². The van der Waals surface area contributed by atoms with Crippen LogP contribution < -0.4 is 11.5 Å². The van der Waals surface area contributed by atoms with E-state index in [1.807, 2.05) is 25.1 Å². The molecule has 4 N–H and O–H groups in total. The van der Waals surface area contributed by atoms with Crippen molar-refractivity contribution in [2.24, 2.45) is 0 Å². The molecule has 0 saturated heterocycles. The number of anilines is 2. The zero-order chi connectivity index (χ0) is 10.8. The fourth-order valence-corrected chi connectivity index (χ4v) is 1.47. The third-order valence-corrected chi connectivity index (χ3v) is 2.13. The zero-order valence-corrected chi connectivity index (χ0v) is 8.51. The van der Waals surface area contributed by atoms with Gasteiger partial charge in [0, 0.05) is 0 Å². The van der Waals surface area contributed by atoms with Crippen LogP contribution in [0.5, 0.6) is 0 Å². The van der Waals surface area contributed by atoms with E-state index in [0.29, 0.717) is 12.5 Å². The van der Waals surface area contributed by atoms with Gasteiger partial charge in [0.15, 0.2) is 0 Å². The van der Waals surface area contributed by atoms with E-state index >= 15 is 0 Å². The second-order valence-electron chi connectivity index (χ2n) is 3.47. The molecule has 0 atom stereocenters. The van der Waals surface area contributed by atoms with E-state index in [0.717, 1.165) is 5.56 Å². The Morgan fingerprint density at radius 3 is 2.73 bits per heavy atom. The maximum absolute atomic E-state index is 5.64. The van der Waals surface area contributed by atoms with Gasteiger partial charge in [-0.05, 0) is 12.5 Å². The maximum Gasteiger partial charge on any atom is 0.241 e. The van der Waals surface area contributed by atoms with Crippen LogP contribution in [0.4, 0.5) is 11.9 Å². The van der Waals surface area contributed by atoms with Crippen LogP contribution in [-0.4, -0.2) is 14.8 Å². The van der Waals surface area contributed by atoms with Crippen molar-refractivity contribution in [3.8, 4) is 0 Å². The lowest BCUT2D eigenvalue weighted by Gasteiger charge is -2.03. The molecule has 0 spiro atoms. The summed E-state index contributed by atoms with van der Waals surface area (Å²) in [6, 6.07) is 8.14. The first kappa shape index (κ1) is 9.51. The summed E-state index contributed by atoms with van der Waals surface area (Å²) in [6.07, 6.45) is 0. The predicted octanol–water partition coefficient (Wildman–Crippen LogP) is 0.799. The van der Waals surface area contributed by atoms with Crippen LogP contribution in [-0.2, 0) is 6.54 Å². The van der Waals surface area contributed by atoms with E-state index in [1.54, 1.807) is 4.68 Å². The summed E-state index contributed by atoms with van der Waals surface area (Å²) >= 11 is 0. The normalized spacial score (nSPS) is 10.5. The number of benzene rings is 1. The fourth-order valence-electron chi connectivity index (χ4n) is 1.47. The molecule has 0 saturated carbocycles. The van der Waals surface area contributed by atoms with Crippen LogP contribution >= 0.6 is 0 Å². The summed E-state index contributed by atoms with van der Waals surface area (Å²) in [5.41, 5.74) is 13.4. The van der Waals surface area contributed by atoms with Crippen molar-refractivity contribution >= 4 is 11.9 Å². The van der Waals surface area contributed by atoms with Crippen LogP contribution in [0.2, 0.25) is 0 Å². The highest BCUT2D eigenvalue weighted by Gasteiger charge is 2.04. The molecule has 0 radical (unpaired) electrons. The van der Waals surface area contributed by atoms with Crippen molar-refractivity contribution in [2.75, 3.05) is 11.5 Å². The van der Waals surface area contributed by atoms with Gasteiger partial charge in [0.25, 0.3) is 0 Å². The Morgan fingerprint density at radius 1 is 1.33 bits per heavy atom. The van der Waals surface area contributed by atoms with E-state index in [2.05, 4.69) is 16.1 Å². The van der Waals surface area contributed by atoms with E-state index in [9.17, 15) is 0 Å². The number of hydrogen-bond acceptors (Lipinski definition) is 4. The van der Waals surface area contributed by atoms with Crippen molar-refractivity contribution in [1.82, 2.24) is 14.8 Å². The molecular weight excluding hydrogens is 190 g/mol. The molecule has 2 aromatic rings. The molecule has 0 amide bonds. The number of nitrogen functional groups attached to an aromatic ring is 2. The van der Waals surface area contributed by atoms with E-state index < -0.39 is 0 Å². The van der Waals surface area contributed by atoms with Crippen LogP contribution in [0.1, 0.15) is 11.1 Å². The molecule has 78 valence electrons.